The highest BCUT2D eigenvalue weighted by Gasteiger charge is 2.33. The van der Waals surface area contributed by atoms with Gasteiger partial charge in [-0.05, 0) is 36.5 Å². The van der Waals surface area contributed by atoms with Gasteiger partial charge < -0.3 is 10.2 Å². The second-order valence-electron chi connectivity index (χ2n) is 7.13. The van der Waals surface area contributed by atoms with Gasteiger partial charge in [-0.1, -0.05) is 37.7 Å². The van der Waals surface area contributed by atoms with Gasteiger partial charge in [-0.15, -0.1) is 0 Å². The van der Waals surface area contributed by atoms with Crippen molar-refractivity contribution in [3.05, 3.63) is 29.8 Å². The summed E-state index contributed by atoms with van der Waals surface area (Å²) in [6.45, 7) is 5.46. The van der Waals surface area contributed by atoms with E-state index in [1.165, 1.54) is 5.56 Å². The van der Waals surface area contributed by atoms with Crippen molar-refractivity contribution in [3.63, 3.8) is 0 Å². The van der Waals surface area contributed by atoms with Crippen LogP contribution in [0.2, 0.25) is 0 Å². The summed E-state index contributed by atoms with van der Waals surface area (Å²) in [6.07, 6.45) is 1.90. The van der Waals surface area contributed by atoms with Crippen molar-refractivity contribution in [1.82, 2.24) is 9.80 Å². The Balaban J connectivity index is 1.55. The second-order valence-corrected chi connectivity index (χ2v) is 8.06. The quantitative estimate of drug-likeness (QED) is 0.857. The molecule has 3 amide bonds. The molecular formula is C19H25N3O3S. The minimum atomic E-state index is -0.319. The summed E-state index contributed by atoms with van der Waals surface area (Å²) in [5, 5.41) is 3.18. The van der Waals surface area contributed by atoms with Gasteiger partial charge in [0.15, 0.2) is 0 Å². The van der Waals surface area contributed by atoms with Crippen LogP contribution in [0.5, 0.6) is 0 Å². The molecule has 1 aromatic carbocycles. The molecule has 0 saturated carbocycles. The molecule has 1 N–H and O–H groups in total. The Morgan fingerprint density at radius 1 is 1.27 bits per heavy atom. The van der Waals surface area contributed by atoms with Crippen molar-refractivity contribution in [2.75, 3.05) is 30.7 Å². The summed E-state index contributed by atoms with van der Waals surface area (Å²) in [5.41, 5.74) is 2.35. The molecule has 7 heteroatoms. The number of imide groups is 1. The Bertz CT molecular complexity index is 674. The monoisotopic (exact) mass is 375 g/mol. The molecule has 26 heavy (non-hydrogen) atoms. The molecule has 0 unspecified atom stereocenters. The number of benzene rings is 1. The summed E-state index contributed by atoms with van der Waals surface area (Å²) >= 11 is 0.962. The Labute approximate surface area is 158 Å². The Morgan fingerprint density at radius 3 is 2.62 bits per heavy atom. The molecule has 1 aromatic rings. The van der Waals surface area contributed by atoms with Gasteiger partial charge in [-0.3, -0.25) is 19.3 Å². The van der Waals surface area contributed by atoms with Crippen LogP contribution in [0.15, 0.2) is 24.3 Å². The first-order chi connectivity index (χ1) is 12.4. The lowest BCUT2D eigenvalue weighted by Gasteiger charge is -2.34. The Morgan fingerprint density at radius 2 is 2.00 bits per heavy atom. The molecule has 0 aromatic heterocycles. The van der Waals surface area contributed by atoms with Crippen LogP contribution in [0.1, 0.15) is 38.2 Å². The third-order valence-corrected chi connectivity index (χ3v) is 5.71. The maximum Gasteiger partial charge on any atom is 0.289 e. The number of amides is 3. The van der Waals surface area contributed by atoms with Gasteiger partial charge in [0.1, 0.15) is 6.54 Å². The second kappa shape index (κ2) is 8.12. The minimum absolute atomic E-state index is 0.138. The van der Waals surface area contributed by atoms with Crippen molar-refractivity contribution in [2.24, 2.45) is 0 Å². The van der Waals surface area contributed by atoms with E-state index in [1.807, 2.05) is 0 Å². The minimum Gasteiger partial charge on any atom is -0.381 e. The number of nitrogens with zero attached hydrogens (tertiary/aromatic N) is 2. The van der Waals surface area contributed by atoms with Gasteiger partial charge in [0.25, 0.3) is 5.24 Å². The van der Waals surface area contributed by atoms with E-state index in [0.717, 1.165) is 35.2 Å². The van der Waals surface area contributed by atoms with E-state index in [4.69, 9.17) is 0 Å². The largest absolute Gasteiger partial charge is 0.381 e. The highest BCUT2D eigenvalue weighted by atomic mass is 32.2. The molecule has 1 atom stereocenters. The van der Waals surface area contributed by atoms with E-state index in [1.54, 1.807) is 4.90 Å². The molecule has 140 valence electrons. The maximum absolute atomic E-state index is 12.5. The number of anilines is 1. The van der Waals surface area contributed by atoms with E-state index < -0.39 is 0 Å². The summed E-state index contributed by atoms with van der Waals surface area (Å²) < 4.78 is 0. The lowest BCUT2D eigenvalue weighted by molar-refractivity contribution is -0.137. The molecule has 2 heterocycles. The SMILES string of the molecule is CC(C)c1ccc(N[C@@H]2CCCN(C(=O)CN3C(=O)CSC3=O)C2)cc1. The number of nitrogens with one attached hydrogen (secondary N) is 1. The third-order valence-electron chi connectivity index (χ3n) is 4.86. The van der Waals surface area contributed by atoms with Crippen LogP contribution in [0.4, 0.5) is 10.5 Å². The predicted molar refractivity (Wildman–Crippen MR) is 103 cm³/mol. The van der Waals surface area contributed by atoms with Crippen molar-refractivity contribution in [3.8, 4) is 0 Å². The van der Waals surface area contributed by atoms with E-state index in [9.17, 15) is 14.4 Å². The van der Waals surface area contributed by atoms with Gasteiger partial charge in [-0.2, -0.15) is 0 Å². The fourth-order valence-corrected chi connectivity index (χ4v) is 4.02. The number of carbonyl (C=O) groups is 3. The van der Waals surface area contributed by atoms with Crippen LogP contribution in [0.3, 0.4) is 0 Å². The zero-order valence-corrected chi connectivity index (χ0v) is 16.1. The van der Waals surface area contributed by atoms with Crippen LogP contribution in [-0.4, -0.2) is 58.3 Å². The lowest BCUT2D eigenvalue weighted by atomic mass is 10.0. The van der Waals surface area contributed by atoms with E-state index in [-0.39, 0.29) is 35.4 Å². The van der Waals surface area contributed by atoms with Crippen molar-refractivity contribution >= 4 is 34.5 Å². The number of thioether (sulfide) groups is 1. The topological polar surface area (TPSA) is 69.7 Å². The molecule has 0 bridgehead atoms. The van der Waals surface area contributed by atoms with Crippen molar-refractivity contribution < 1.29 is 14.4 Å². The zero-order chi connectivity index (χ0) is 18.7. The number of carbonyl (C=O) groups excluding carboxylic acids is 3. The summed E-state index contributed by atoms with van der Waals surface area (Å²) in [7, 11) is 0. The van der Waals surface area contributed by atoms with Crippen LogP contribution in [0, 0.1) is 0 Å². The fourth-order valence-electron chi connectivity index (χ4n) is 3.29. The molecular weight excluding hydrogens is 350 g/mol. The summed E-state index contributed by atoms with van der Waals surface area (Å²) in [4.78, 5) is 38.7. The first kappa shape index (κ1) is 18.8. The van der Waals surface area contributed by atoms with Gasteiger partial charge >= 0.3 is 0 Å². The zero-order valence-electron chi connectivity index (χ0n) is 15.2. The van der Waals surface area contributed by atoms with Crippen LogP contribution in [0.25, 0.3) is 0 Å². The molecule has 2 aliphatic heterocycles. The predicted octanol–water partition coefficient (Wildman–Crippen LogP) is 2.91. The molecule has 6 nitrogen and oxygen atoms in total. The first-order valence-corrected chi connectivity index (χ1v) is 10.0. The maximum atomic E-state index is 12.5. The van der Waals surface area contributed by atoms with Gasteiger partial charge in [0.05, 0.1) is 5.75 Å². The van der Waals surface area contributed by atoms with Gasteiger partial charge in [0, 0.05) is 24.8 Å². The summed E-state index contributed by atoms with van der Waals surface area (Å²) in [6, 6.07) is 8.59. The number of hydrogen-bond acceptors (Lipinski definition) is 5. The van der Waals surface area contributed by atoms with Crippen LogP contribution < -0.4 is 5.32 Å². The lowest BCUT2D eigenvalue weighted by Crippen LogP contribution is -2.49. The smallest absolute Gasteiger partial charge is 0.289 e. The number of likely N-dealkylation sites (tertiary alicyclic amines) is 1. The van der Waals surface area contributed by atoms with Crippen LogP contribution >= 0.6 is 11.8 Å². The van der Waals surface area contributed by atoms with E-state index >= 15 is 0 Å². The van der Waals surface area contributed by atoms with Gasteiger partial charge in [-0.25, -0.2) is 0 Å². The first-order valence-electron chi connectivity index (χ1n) is 9.05. The van der Waals surface area contributed by atoms with E-state index in [2.05, 4.69) is 43.4 Å². The average Bonchev–Trinajstić information content (AvgIpc) is 2.94. The number of hydrogen-bond donors (Lipinski definition) is 1. The highest BCUT2D eigenvalue weighted by Crippen LogP contribution is 2.22. The third kappa shape index (κ3) is 4.38. The normalized spacial score (nSPS) is 20.8. The van der Waals surface area contributed by atoms with Crippen LogP contribution in [-0.2, 0) is 9.59 Å². The Hall–Kier alpha value is -2.02. The number of piperidine rings is 1. The summed E-state index contributed by atoms with van der Waals surface area (Å²) in [5.74, 6) is 0.213. The fraction of sp³-hybridized carbons (Fsp3) is 0.526. The van der Waals surface area contributed by atoms with Crippen molar-refractivity contribution in [1.29, 1.82) is 0 Å². The molecule has 0 aliphatic carbocycles. The number of rotatable bonds is 5. The molecule has 2 aliphatic rings. The molecule has 2 fully saturated rings. The molecule has 2 saturated heterocycles. The standard InChI is InChI=1S/C19H25N3O3S/c1-13(2)14-5-7-15(8-6-14)20-16-4-3-9-21(10-16)17(23)11-22-18(24)12-26-19(22)25/h5-8,13,16,20H,3-4,9-12H2,1-2H3/t16-/m1/s1. The molecule has 0 spiro atoms. The van der Waals surface area contributed by atoms with E-state index in [0.29, 0.717) is 19.0 Å². The van der Waals surface area contributed by atoms with Crippen molar-refractivity contribution in [2.45, 2.75) is 38.6 Å². The van der Waals surface area contributed by atoms with Gasteiger partial charge in [0.2, 0.25) is 11.8 Å². The molecule has 3 rings (SSSR count). The highest BCUT2D eigenvalue weighted by molar-refractivity contribution is 8.14. The Kier molecular flexibility index (Phi) is 5.86. The molecule has 0 radical (unpaired) electrons. The average molecular weight is 375 g/mol.